The zero-order valence-electron chi connectivity index (χ0n) is 14.8. The number of nitrogens with zero attached hydrogens (tertiary/aromatic N) is 1. The van der Waals surface area contributed by atoms with Gasteiger partial charge in [-0.05, 0) is 62.5 Å². The molecule has 0 spiro atoms. The van der Waals surface area contributed by atoms with Crippen LogP contribution in [-0.2, 0) is 4.79 Å². The van der Waals surface area contributed by atoms with Crippen molar-refractivity contribution in [1.82, 2.24) is 10.2 Å². The van der Waals surface area contributed by atoms with Gasteiger partial charge < -0.3 is 15.5 Å². The number of carbonyl (C=O) groups excluding carboxylic acids is 2. The van der Waals surface area contributed by atoms with Gasteiger partial charge in [-0.3, -0.25) is 9.59 Å². The van der Waals surface area contributed by atoms with Crippen molar-refractivity contribution in [3.63, 3.8) is 0 Å². The molecule has 1 unspecified atom stereocenters. The molecule has 1 atom stereocenters. The highest BCUT2D eigenvalue weighted by atomic mass is 32.2. The Kier molecular flexibility index (Phi) is 6.37. The fourth-order valence-electron chi connectivity index (χ4n) is 3.39. The zero-order valence-corrected chi connectivity index (χ0v) is 15.7. The van der Waals surface area contributed by atoms with Crippen LogP contribution in [-0.4, -0.2) is 54.4 Å². The number of hydrogen-bond donors (Lipinski definition) is 2. The molecule has 1 aromatic rings. The molecule has 5 nitrogen and oxygen atoms in total. The summed E-state index contributed by atoms with van der Waals surface area (Å²) in [4.78, 5) is 26.7. The van der Waals surface area contributed by atoms with Crippen LogP contribution in [0.3, 0.4) is 0 Å². The van der Waals surface area contributed by atoms with Crippen molar-refractivity contribution in [2.24, 2.45) is 5.92 Å². The number of thioether (sulfide) groups is 1. The number of rotatable bonds is 5. The summed E-state index contributed by atoms with van der Waals surface area (Å²) in [6.45, 7) is 5.67. The van der Waals surface area contributed by atoms with E-state index in [9.17, 15) is 9.59 Å². The predicted octanol–water partition coefficient (Wildman–Crippen LogP) is 2.51. The molecule has 2 saturated heterocycles. The zero-order chi connectivity index (χ0) is 17.6. The molecule has 2 N–H and O–H groups in total. The van der Waals surface area contributed by atoms with Gasteiger partial charge in [0, 0.05) is 42.3 Å². The Labute approximate surface area is 153 Å². The van der Waals surface area contributed by atoms with E-state index in [0.29, 0.717) is 17.9 Å². The average molecular weight is 362 g/mol. The highest BCUT2D eigenvalue weighted by Crippen LogP contribution is 2.20. The van der Waals surface area contributed by atoms with Gasteiger partial charge in [0.2, 0.25) is 5.91 Å². The summed E-state index contributed by atoms with van der Waals surface area (Å²) >= 11 is 1.89. The summed E-state index contributed by atoms with van der Waals surface area (Å²) in [5, 5.41) is 6.32. The van der Waals surface area contributed by atoms with Crippen LogP contribution in [0.2, 0.25) is 0 Å². The first-order valence-electron chi connectivity index (χ1n) is 9.12. The highest BCUT2D eigenvalue weighted by molar-refractivity contribution is 7.99. The molecule has 3 rings (SSSR count). The van der Waals surface area contributed by atoms with Gasteiger partial charge in [0.15, 0.2) is 0 Å². The van der Waals surface area contributed by atoms with E-state index in [1.54, 1.807) is 0 Å². The monoisotopic (exact) mass is 361 g/mol. The third-order valence-electron chi connectivity index (χ3n) is 4.99. The lowest BCUT2D eigenvalue weighted by molar-refractivity contribution is -0.116. The van der Waals surface area contributed by atoms with Gasteiger partial charge in [0.25, 0.3) is 5.91 Å². The standard InChI is InChI=1S/C19H27N3O2S/c1-14-12-16(19(24)22-8-10-25-11-9-22)3-4-17(14)21-18(23)5-2-15-6-7-20-13-15/h3-4,12,15,20H,2,5-11,13H2,1H3,(H,21,23). The van der Waals surface area contributed by atoms with Crippen molar-refractivity contribution >= 4 is 29.3 Å². The van der Waals surface area contributed by atoms with E-state index in [-0.39, 0.29) is 11.8 Å². The van der Waals surface area contributed by atoms with Crippen LogP contribution in [0, 0.1) is 12.8 Å². The smallest absolute Gasteiger partial charge is 0.253 e. The van der Waals surface area contributed by atoms with Crippen molar-refractivity contribution in [2.75, 3.05) is 43.0 Å². The third-order valence-corrected chi connectivity index (χ3v) is 5.93. The van der Waals surface area contributed by atoms with Gasteiger partial charge in [-0.25, -0.2) is 0 Å². The Morgan fingerprint density at radius 3 is 2.80 bits per heavy atom. The van der Waals surface area contributed by atoms with Crippen molar-refractivity contribution in [3.8, 4) is 0 Å². The van der Waals surface area contributed by atoms with Crippen LogP contribution in [0.1, 0.15) is 35.2 Å². The van der Waals surface area contributed by atoms with E-state index >= 15 is 0 Å². The van der Waals surface area contributed by atoms with E-state index in [2.05, 4.69) is 10.6 Å². The first kappa shape index (κ1) is 18.3. The number of anilines is 1. The molecule has 136 valence electrons. The first-order valence-corrected chi connectivity index (χ1v) is 10.3. The van der Waals surface area contributed by atoms with Crippen molar-refractivity contribution in [1.29, 1.82) is 0 Å². The quantitative estimate of drug-likeness (QED) is 0.846. The molecule has 25 heavy (non-hydrogen) atoms. The SMILES string of the molecule is Cc1cc(C(=O)N2CCSCC2)ccc1NC(=O)CCC1CCNC1. The molecule has 0 aliphatic carbocycles. The molecular weight excluding hydrogens is 334 g/mol. The molecule has 2 fully saturated rings. The lowest BCUT2D eigenvalue weighted by Gasteiger charge is -2.26. The average Bonchev–Trinajstić information content (AvgIpc) is 3.15. The minimum atomic E-state index is 0.0575. The summed E-state index contributed by atoms with van der Waals surface area (Å²) in [5.41, 5.74) is 2.45. The summed E-state index contributed by atoms with van der Waals surface area (Å²) in [5.74, 6) is 2.79. The van der Waals surface area contributed by atoms with Gasteiger partial charge in [0.05, 0.1) is 0 Å². The largest absolute Gasteiger partial charge is 0.337 e. The maximum Gasteiger partial charge on any atom is 0.253 e. The van der Waals surface area contributed by atoms with Crippen LogP contribution >= 0.6 is 11.8 Å². The normalized spacial score (nSPS) is 20.5. The van der Waals surface area contributed by atoms with E-state index in [4.69, 9.17) is 0 Å². The van der Waals surface area contributed by atoms with Crippen molar-refractivity contribution in [3.05, 3.63) is 29.3 Å². The maximum atomic E-state index is 12.6. The molecule has 0 saturated carbocycles. The Morgan fingerprint density at radius 1 is 1.32 bits per heavy atom. The van der Waals surface area contributed by atoms with Crippen LogP contribution in [0.15, 0.2) is 18.2 Å². The van der Waals surface area contributed by atoms with E-state index < -0.39 is 0 Å². The van der Waals surface area contributed by atoms with E-state index in [1.807, 2.05) is 41.8 Å². The number of nitrogens with one attached hydrogen (secondary N) is 2. The molecule has 2 aliphatic rings. The van der Waals surface area contributed by atoms with Gasteiger partial charge in [-0.1, -0.05) is 0 Å². The van der Waals surface area contributed by atoms with Crippen LogP contribution < -0.4 is 10.6 Å². The molecule has 0 radical (unpaired) electrons. The Hall–Kier alpha value is -1.53. The Balaban J connectivity index is 1.55. The number of carbonyl (C=O) groups is 2. The second-order valence-corrected chi connectivity index (χ2v) is 8.10. The molecule has 1 aromatic carbocycles. The van der Waals surface area contributed by atoms with Gasteiger partial charge >= 0.3 is 0 Å². The lowest BCUT2D eigenvalue weighted by Crippen LogP contribution is -2.37. The second-order valence-electron chi connectivity index (χ2n) is 6.88. The van der Waals surface area contributed by atoms with E-state index in [0.717, 1.165) is 61.8 Å². The number of aryl methyl sites for hydroxylation is 1. The highest BCUT2D eigenvalue weighted by Gasteiger charge is 2.19. The summed E-state index contributed by atoms with van der Waals surface area (Å²) < 4.78 is 0. The molecule has 0 bridgehead atoms. The fraction of sp³-hybridized carbons (Fsp3) is 0.579. The molecular formula is C19H27N3O2S. The minimum absolute atomic E-state index is 0.0575. The Morgan fingerprint density at radius 2 is 2.12 bits per heavy atom. The number of amides is 2. The van der Waals surface area contributed by atoms with Crippen molar-refractivity contribution in [2.45, 2.75) is 26.2 Å². The van der Waals surface area contributed by atoms with Gasteiger partial charge in [-0.15, -0.1) is 0 Å². The molecule has 2 heterocycles. The fourth-order valence-corrected chi connectivity index (χ4v) is 4.30. The van der Waals surface area contributed by atoms with Crippen LogP contribution in [0.25, 0.3) is 0 Å². The first-order chi connectivity index (χ1) is 12.1. The predicted molar refractivity (Wildman–Crippen MR) is 103 cm³/mol. The maximum absolute atomic E-state index is 12.6. The number of hydrogen-bond acceptors (Lipinski definition) is 4. The lowest BCUT2D eigenvalue weighted by atomic mass is 10.0. The summed E-state index contributed by atoms with van der Waals surface area (Å²) in [7, 11) is 0. The number of benzene rings is 1. The summed E-state index contributed by atoms with van der Waals surface area (Å²) in [6.07, 6.45) is 2.65. The second kappa shape index (κ2) is 8.72. The third kappa shape index (κ3) is 4.98. The van der Waals surface area contributed by atoms with Crippen LogP contribution in [0.5, 0.6) is 0 Å². The van der Waals surface area contributed by atoms with Gasteiger partial charge in [0.1, 0.15) is 0 Å². The molecule has 6 heteroatoms. The molecule has 2 amide bonds. The molecule has 2 aliphatic heterocycles. The van der Waals surface area contributed by atoms with Crippen molar-refractivity contribution < 1.29 is 9.59 Å². The van der Waals surface area contributed by atoms with Crippen LogP contribution in [0.4, 0.5) is 5.69 Å². The molecule has 0 aromatic heterocycles. The topological polar surface area (TPSA) is 61.4 Å². The van der Waals surface area contributed by atoms with Gasteiger partial charge in [-0.2, -0.15) is 11.8 Å². The summed E-state index contributed by atoms with van der Waals surface area (Å²) in [6, 6.07) is 5.57. The Bertz CT molecular complexity index is 623. The van der Waals surface area contributed by atoms with E-state index in [1.165, 1.54) is 0 Å². The minimum Gasteiger partial charge on any atom is -0.337 e.